The molecule has 22 heavy (non-hydrogen) atoms. The zero-order chi connectivity index (χ0) is 15.7. The molecule has 1 aliphatic carbocycles. The third kappa shape index (κ3) is 2.99. The third-order valence-corrected chi connectivity index (χ3v) is 3.88. The Morgan fingerprint density at radius 2 is 2.18 bits per heavy atom. The largest absolute Gasteiger partial charge is 0.295 e. The van der Waals surface area contributed by atoms with Crippen LogP contribution in [0.1, 0.15) is 40.9 Å². The predicted octanol–water partition coefficient (Wildman–Crippen LogP) is 3.00. The molecular formula is C16H14ClN3O2. The van der Waals surface area contributed by atoms with Crippen LogP contribution < -0.4 is 5.32 Å². The van der Waals surface area contributed by atoms with Gasteiger partial charge in [0.25, 0.3) is 0 Å². The summed E-state index contributed by atoms with van der Waals surface area (Å²) in [6.45, 7) is 1.39. The van der Waals surface area contributed by atoms with Gasteiger partial charge < -0.3 is 0 Å². The van der Waals surface area contributed by atoms with Gasteiger partial charge in [-0.1, -0.05) is 23.7 Å². The first kappa shape index (κ1) is 14.7. The van der Waals surface area contributed by atoms with Gasteiger partial charge in [0.1, 0.15) is 0 Å². The highest BCUT2D eigenvalue weighted by Crippen LogP contribution is 2.32. The number of halogens is 1. The molecule has 1 aromatic carbocycles. The molecule has 112 valence electrons. The molecular weight excluding hydrogens is 302 g/mol. The lowest BCUT2D eigenvalue weighted by Crippen LogP contribution is -2.22. The van der Waals surface area contributed by atoms with Crippen LogP contribution in [0.5, 0.6) is 0 Å². The number of fused-ring (bicyclic) bond motifs is 1. The lowest BCUT2D eigenvalue weighted by molar-refractivity contribution is -0.114. The summed E-state index contributed by atoms with van der Waals surface area (Å²) in [5.41, 5.74) is 2.22. The van der Waals surface area contributed by atoms with Gasteiger partial charge in [-0.05, 0) is 30.0 Å². The number of hydrogen-bond acceptors (Lipinski definition) is 4. The Morgan fingerprint density at radius 1 is 1.36 bits per heavy atom. The molecule has 0 radical (unpaired) electrons. The van der Waals surface area contributed by atoms with E-state index in [9.17, 15) is 9.59 Å². The summed E-state index contributed by atoms with van der Waals surface area (Å²) in [7, 11) is 0. The Labute approximate surface area is 132 Å². The molecule has 1 heterocycles. The first-order chi connectivity index (χ1) is 10.5. The monoisotopic (exact) mass is 315 g/mol. The third-order valence-electron chi connectivity index (χ3n) is 3.65. The number of Topliss-reactive ketones (excluding diaryl/α,β-unsaturated/α-hetero) is 1. The molecule has 0 spiro atoms. The van der Waals surface area contributed by atoms with Gasteiger partial charge in [-0.25, -0.2) is 9.97 Å². The minimum Gasteiger partial charge on any atom is -0.295 e. The number of hydrogen-bond donors (Lipinski definition) is 1. The van der Waals surface area contributed by atoms with Crippen LogP contribution in [0.3, 0.4) is 0 Å². The Bertz CT molecular complexity index is 761. The van der Waals surface area contributed by atoms with Crippen molar-refractivity contribution < 1.29 is 9.59 Å². The summed E-state index contributed by atoms with van der Waals surface area (Å²) in [4.78, 5) is 31.7. The van der Waals surface area contributed by atoms with Crippen LogP contribution in [0.4, 0.5) is 5.95 Å². The minimum atomic E-state index is -0.242. The van der Waals surface area contributed by atoms with E-state index >= 15 is 0 Å². The number of carbonyl (C=O) groups is 2. The van der Waals surface area contributed by atoms with E-state index in [2.05, 4.69) is 15.3 Å². The maximum Gasteiger partial charge on any atom is 0.229 e. The van der Waals surface area contributed by atoms with Gasteiger partial charge in [0, 0.05) is 24.6 Å². The molecule has 6 heteroatoms. The van der Waals surface area contributed by atoms with Gasteiger partial charge in [0.15, 0.2) is 5.78 Å². The number of nitrogens with zero attached hydrogens (tertiary/aromatic N) is 2. The predicted molar refractivity (Wildman–Crippen MR) is 83.2 cm³/mol. The Kier molecular flexibility index (Phi) is 3.90. The van der Waals surface area contributed by atoms with Gasteiger partial charge in [-0.15, -0.1) is 0 Å². The number of ketones is 1. The van der Waals surface area contributed by atoms with Crippen LogP contribution in [-0.2, 0) is 11.2 Å². The standard InChI is InChI=1S/C16H14ClN3O2/c1-9(21)19-16-18-8-13-14(20-16)6-11(7-15(13)22)10-3-2-4-12(17)5-10/h2-5,8,11H,6-7H2,1H3,(H,18,19,20,21)/t11-/m0/s1. The molecule has 0 saturated heterocycles. The maximum absolute atomic E-state index is 12.3. The van der Waals surface area contributed by atoms with Gasteiger partial charge in [-0.2, -0.15) is 0 Å². The van der Waals surface area contributed by atoms with Crippen LogP contribution >= 0.6 is 11.6 Å². The zero-order valence-electron chi connectivity index (χ0n) is 12.0. The molecule has 3 rings (SSSR count). The average Bonchev–Trinajstić information content (AvgIpc) is 2.46. The highest BCUT2D eigenvalue weighted by molar-refractivity contribution is 6.30. The number of carbonyl (C=O) groups excluding carboxylic acids is 2. The van der Waals surface area contributed by atoms with Crippen LogP contribution in [-0.4, -0.2) is 21.7 Å². The smallest absolute Gasteiger partial charge is 0.229 e. The molecule has 1 atom stereocenters. The molecule has 0 fully saturated rings. The second-order valence-electron chi connectivity index (χ2n) is 5.32. The molecule has 0 aliphatic heterocycles. The average molecular weight is 316 g/mol. The van der Waals surface area contributed by atoms with E-state index in [4.69, 9.17) is 11.6 Å². The van der Waals surface area contributed by atoms with Crippen molar-refractivity contribution in [1.29, 1.82) is 0 Å². The SMILES string of the molecule is CC(=O)Nc1ncc2c(n1)C[C@H](c1cccc(Cl)c1)CC2=O. The molecule has 0 bridgehead atoms. The van der Waals surface area contributed by atoms with E-state index in [1.165, 1.54) is 13.1 Å². The number of benzene rings is 1. The number of amides is 1. The number of rotatable bonds is 2. The normalized spacial score (nSPS) is 17.0. The van der Waals surface area contributed by atoms with E-state index in [0.717, 1.165) is 5.56 Å². The van der Waals surface area contributed by atoms with Crippen LogP contribution in [0.25, 0.3) is 0 Å². The van der Waals surface area contributed by atoms with Gasteiger partial charge in [-0.3, -0.25) is 14.9 Å². The fraction of sp³-hybridized carbons (Fsp3) is 0.250. The topological polar surface area (TPSA) is 72.0 Å². The Balaban J connectivity index is 1.93. The molecule has 1 N–H and O–H groups in total. The lowest BCUT2D eigenvalue weighted by atomic mass is 9.82. The minimum absolute atomic E-state index is 0.0144. The van der Waals surface area contributed by atoms with E-state index in [0.29, 0.717) is 29.1 Å². The van der Waals surface area contributed by atoms with Crippen molar-refractivity contribution >= 4 is 29.2 Å². The molecule has 0 unspecified atom stereocenters. The number of anilines is 1. The van der Waals surface area contributed by atoms with Gasteiger partial charge in [0.05, 0.1) is 11.3 Å². The first-order valence-electron chi connectivity index (χ1n) is 6.95. The Morgan fingerprint density at radius 3 is 2.91 bits per heavy atom. The van der Waals surface area contributed by atoms with Gasteiger partial charge >= 0.3 is 0 Å². The Hall–Kier alpha value is -2.27. The van der Waals surface area contributed by atoms with Crippen molar-refractivity contribution in [3.8, 4) is 0 Å². The van der Waals surface area contributed by atoms with Crippen molar-refractivity contribution in [3.05, 3.63) is 52.3 Å². The first-order valence-corrected chi connectivity index (χ1v) is 7.33. The number of aromatic nitrogens is 2. The van der Waals surface area contributed by atoms with Crippen molar-refractivity contribution in [2.24, 2.45) is 0 Å². The second kappa shape index (κ2) is 5.85. The summed E-state index contributed by atoms with van der Waals surface area (Å²) in [6, 6.07) is 7.52. The fourth-order valence-electron chi connectivity index (χ4n) is 2.66. The molecule has 1 aromatic heterocycles. The van der Waals surface area contributed by atoms with Gasteiger partial charge in [0.2, 0.25) is 11.9 Å². The highest BCUT2D eigenvalue weighted by Gasteiger charge is 2.28. The van der Waals surface area contributed by atoms with Crippen LogP contribution in [0.15, 0.2) is 30.5 Å². The van der Waals surface area contributed by atoms with Crippen molar-refractivity contribution in [3.63, 3.8) is 0 Å². The maximum atomic E-state index is 12.3. The summed E-state index contributed by atoms with van der Waals surface area (Å²) in [5.74, 6) is 0.0404. The fourth-order valence-corrected chi connectivity index (χ4v) is 2.86. The summed E-state index contributed by atoms with van der Waals surface area (Å²) >= 11 is 6.03. The summed E-state index contributed by atoms with van der Waals surface area (Å²) in [6.07, 6.45) is 2.52. The zero-order valence-corrected chi connectivity index (χ0v) is 12.7. The van der Waals surface area contributed by atoms with Crippen molar-refractivity contribution in [1.82, 2.24) is 9.97 Å². The highest BCUT2D eigenvalue weighted by atomic mass is 35.5. The quantitative estimate of drug-likeness (QED) is 0.924. The van der Waals surface area contributed by atoms with E-state index in [1.807, 2.05) is 18.2 Å². The van der Waals surface area contributed by atoms with Crippen LogP contribution in [0, 0.1) is 0 Å². The van der Waals surface area contributed by atoms with E-state index < -0.39 is 0 Å². The molecule has 0 saturated carbocycles. The van der Waals surface area contributed by atoms with E-state index in [-0.39, 0.29) is 23.6 Å². The van der Waals surface area contributed by atoms with Crippen molar-refractivity contribution in [2.45, 2.75) is 25.7 Å². The molecule has 1 amide bonds. The summed E-state index contributed by atoms with van der Waals surface area (Å²) < 4.78 is 0. The van der Waals surface area contributed by atoms with E-state index in [1.54, 1.807) is 6.07 Å². The van der Waals surface area contributed by atoms with Crippen molar-refractivity contribution in [2.75, 3.05) is 5.32 Å². The molecule has 5 nitrogen and oxygen atoms in total. The van der Waals surface area contributed by atoms with Crippen LogP contribution in [0.2, 0.25) is 5.02 Å². The summed E-state index contributed by atoms with van der Waals surface area (Å²) in [5, 5.41) is 3.19. The number of nitrogens with one attached hydrogen (secondary N) is 1. The second-order valence-corrected chi connectivity index (χ2v) is 5.75. The molecule has 2 aromatic rings. The lowest BCUT2D eigenvalue weighted by Gasteiger charge is -2.23. The molecule has 1 aliphatic rings.